The third kappa shape index (κ3) is 11.3. The summed E-state index contributed by atoms with van der Waals surface area (Å²) in [5.41, 5.74) is 8.08. The molecule has 0 aromatic carbocycles. The number of allylic oxidation sites excluding steroid dienone is 4. The van der Waals surface area contributed by atoms with E-state index >= 15 is 0 Å². The van der Waals surface area contributed by atoms with Crippen LogP contribution >= 0.6 is 37.2 Å². The quantitative estimate of drug-likeness (QED) is 0.147. The van der Waals surface area contributed by atoms with Crippen LogP contribution in [0.25, 0.3) is 9.96 Å². The summed E-state index contributed by atoms with van der Waals surface area (Å²) >= 11 is -1.11. The van der Waals surface area contributed by atoms with Crippen molar-refractivity contribution in [2.75, 3.05) is 0 Å². The van der Waals surface area contributed by atoms with Crippen molar-refractivity contribution in [3.63, 3.8) is 0 Å². The van der Waals surface area contributed by atoms with Gasteiger partial charge in [-0.25, -0.2) is 0 Å². The van der Waals surface area contributed by atoms with E-state index < -0.39 is 50.5 Å². The Labute approximate surface area is 286 Å². The van der Waals surface area contributed by atoms with E-state index in [4.69, 9.17) is 47.2 Å². The van der Waals surface area contributed by atoms with Crippen molar-refractivity contribution in [2.45, 2.75) is 130 Å². The van der Waals surface area contributed by atoms with Gasteiger partial charge in [-0.3, -0.25) is 0 Å². The van der Waals surface area contributed by atoms with Crippen molar-refractivity contribution in [1.29, 1.82) is 0 Å². The third-order valence-electron chi connectivity index (χ3n) is 10.4. The molecule has 3 aliphatic rings. The molecule has 0 amide bonds. The van der Waals surface area contributed by atoms with Crippen LogP contribution in [0.5, 0.6) is 0 Å². The Morgan fingerprint density at radius 2 is 0.775 bits per heavy atom. The van der Waals surface area contributed by atoms with Gasteiger partial charge in [-0.1, -0.05) is 118 Å². The van der Waals surface area contributed by atoms with Crippen LogP contribution in [0.3, 0.4) is 0 Å². The van der Waals surface area contributed by atoms with Gasteiger partial charge in [-0.15, -0.1) is 12.1 Å². The standard InChI is InChI=1S/C28H52N2Si2.2CH3.4ClH.2Ti/c1-17-18(2)22(6)27(21(17)5)31(9,10)29-25-13-15-26(16-14-25)30-32(11,12)28-23(7)19(3)20(4)24(28)8;;;;;;;;/h17,19,21,23,25-28H,13-16H2,1-12H3;2*1H3;4*1H;;/q-2;2*-1;;;;;2*+2/p-4. The Hall–Kier alpha value is 2.42. The molecule has 0 aromatic rings. The van der Waals surface area contributed by atoms with Crippen LogP contribution in [0.4, 0.5) is 0 Å². The van der Waals surface area contributed by atoms with Crippen molar-refractivity contribution in [3.8, 4) is 0 Å². The first-order valence-corrected chi connectivity index (χ1v) is 28.9. The molecular weight excluding hydrogens is 682 g/mol. The molecular formula is C30H58Cl4N2Si2Ti2-4. The topological polar surface area (TPSA) is 28.2 Å². The van der Waals surface area contributed by atoms with Crippen LogP contribution in [-0.2, 0) is 34.1 Å². The van der Waals surface area contributed by atoms with Crippen LogP contribution in [-0.4, -0.2) is 28.6 Å². The maximum atomic E-state index is 5.64. The van der Waals surface area contributed by atoms with E-state index in [0.717, 1.165) is 34.8 Å². The fourth-order valence-corrected chi connectivity index (χ4v) is 16.6. The van der Waals surface area contributed by atoms with E-state index in [1.165, 1.54) is 25.7 Å². The molecule has 0 spiro atoms. The number of halogens is 4. The summed E-state index contributed by atoms with van der Waals surface area (Å²) in [7, 11) is 16.3. The molecule has 236 valence electrons. The molecule has 0 saturated heterocycles. The molecule has 1 fully saturated rings. The molecule has 0 radical (unpaired) electrons. The molecule has 1 saturated carbocycles. The molecule has 3 aliphatic carbocycles. The summed E-state index contributed by atoms with van der Waals surface area (Å²) in [6.07, 6.45) is 5.05. The van der Waals surface area contributed by atoms with Crippen molar-refractivity contribution in [1.82, 2.24) is 0 Å². The first-order chi connectivity index (χ1) is 17.5. The second kappa shape index (κ2) is 19.8. The molecule has 0 N–H and O–H groups in total. The van der Waals surface area contributed by atoms with Gasteiger partial charge < -0.3 is 24.8 Å². The van der Waals surface area contributed by atoms with Gasteiger partial charge in [0.1, 0.15) is 0 Å². The molecule has 0 aromatic heterocycles. The molecule has 2 nitrogen and oxygen atoms in total. The number of hydrogen-bond donors (Lipinski definition) is 0. The summed E-state index contributed by atoms with van der Waals surface area (Å²) in [4.78, 5) is 11.3. The molecule has 40 heavy (non-hydrogen) atoms. The minimum atomic E-state index is -1.65. The fraction of sp³-hybridized carbons (Fsp3) is 0.800. The second-order valence-corrected chi connectivity index (χ2v) is 26.7. The zero-order valence-electron chi connectivity index (χ0n) is 27.9. The van der Waals surface area contributed by atoms with E-state index in [0.29, 0.717) is 12.1 Å². The van der Waals surface area contributed by atoms with E-state index in [9.17, 15) is 0 Å². The van der Waals surface area contributed by atoms with E-state index in [2.05, 4.69) is 81.6 Å². The molecule has 10 heteroatoms. The zero-order valence-corrected chi connectivity index (χ0v) is 36.0. The predicted molar refractivity (Wildman–Crippen MR) is 185 cm³/mol. The Balaban J connectivity index is 0. The van der Waals surface area contributed by atoms with E-state index in [1.807, 2.05) is 0 Å². The van der Waals surface area contributed by atoms with Crippen molar-refractivity contribution in [3.05, 3.63) is 47.1 Å². The summed E-state index contributed by atoms with van der Waals surface area (Å²) in [6.45, 7) is 29.5. The number of rotatable bonds is 6. The van der Waals surface area contributed by atoms with Gasteiger partial charge in [-0.05, 0) is 62.4 Å². The van der Waals surface area contributed by atoms with E-state index in [1.54, 1.807) is 22.3 Å². The van der Waals surface area contributed by atoms with Crippen molar-refractivity contribution >= 4 is 53.7 Å². The Bertz CT molecular complexity index is 752. The van der Waals surface area contributed by atoms with Crippen molar-refractivity contribution < 1.29 is 34.1 Å². The third-order valence-corrected chi connectivity index (χ3v) is 17.4. The minimum absolute atomic E-state index is 0. The SMILES string of the molecule is CC1=C(C)C([Si](C)(C)[N-]C2CCC([N-][Si](C)(C)C3C(C)=C(C)C(C)C3C)CC2)C(C)C1C.[CH3-].[CH3-].[Cl][Ti][Cl].[Cl][Ti][Cl]. The Morgan fingerprint density at radius 3 is 0.950 bits per heavy atom. The predicted octanol–water partition coefficient (Wildman–Crippen LogP) is 13.1. The van der Waals surface area contributed by atoms with Crippen molar-refractivity contribution in [2.24, 2.45) is 23.7 Å². The average Bonchev–Trinajstić information content (AvgIpc) is 3.14. The fourth-order valence-electron chi connectivity index (χ4n) is 8.13. The molecule has 0 heterocycles. The van der Waals surface area contributed by atoms with Gasteiger partial charge in [0.15, 0.2) is 0 Å². The number of hydrogen-bond acceptors (Lipinski definition) is 0. The van der Waals surface area contributed by atoms with Gasteiger partial charge in [0.2, 0.25) is 0 Å². The monoisotopic (exact) mass is 738 g/mol. The molecule has 0 aliphatic heterocycles. The van der Waals surface area contributed by atoms with Gasteiger partial charge in [0, 0.05) is 0 Å². The molecule has 6 unspecified atom stereocenters. The van der Waals surface area contributed by atoms with Crippen LogP contribution in [0, 0.1) is 38.5 Å². The zero-order chi connectivity index (χ0) is 29.6. The van der Waals surface area contributed by atoms with E-state index in [-0.39, 0.29) is 14.9 Å². The first-order valence-electron chi connectivity index (χ1n) is 14.2. The van der Waals surface area contributed by atoms with Crippen LogP contribution in [0.2, 0.25) is 37.3 Å². The van der Waals surface area contributed by atoms with Gasteiger partial charge in [0.05, 0.1) is 0 Å². The van der Waals surface area contributed by atoms with Gasteiger partial charge >= 0.3 is 71.3 Å². The normalized spacial score (nSPS) is 32.2. The molecule has 6 atom stereocenters. The Morgan fingerprint density at radius 1 is 0.550 bits per heavy atom. The second-order valence-electron chi connectivity index (χ2n) is 13.2. The van der Waals surface area contributed by atoms with Gasteiger partial charge in [-0.2, -0.15) is 0 Å². The van der Waals surface area contributed by atoms with Crippen LogP contribution < -0.4 is 0 Å². The van der Waals surface area contributed by atoms with Crippen LogP contribution in [0.15, 0.2) is 22.3 Å². The summed E-state index contributed by atoms with van der Waals surface area (Å²) in [5, 5.41) is 0. The molecule has 3 rings (SSSR count). The Kier molecular flexibility index (Phi) is 22.1. The first kappa shape index (κ1) is 44.5. The summed E-state index contributed by atoms with van der Waals surface area (Å²) in [5.74, 6) is 2.97. The maximum absolute atomic E-state index is 5.64. The number of nitrogens with zero attached hydrogens (tertiary/aromatic N) is 2. The summed E-state index contributed by atoms with van der Waals surface area (Å²) in [6, 6.07) is 1.16. The molecule has 0 bridgehead atoms. The van der Waals surface area contributed by atoms with Crippen LogP contribution in [0.1, 0.15) is 81.1 Å². The summed E-state index contributed by atoms with van der Waals surface area (Å²) < 4.78 is 0. The van der Waals surface area contributed by atoms with Gasteiger partial charge in [0.25, 0.3) is 0 Å². The average molecular weight is 741 g/mol.